The zero-order valence-corrected chi connectivity index (χ0v) is 18.5. The smallest absolute Gasteiger partial charge is 0.258 e. The van der Waals surface area contributed by atoms with Crippen molar-refractivity contribution in [3.8, 4) is 10.6 Å². The third-order valence-electron chi connectivity index (χ3n) is 4.86. The molecule has 0 radical (unpaired) electrons. The standard InChI is InChI=1S/C22H27N5O3S/c1-3-27(4-2)13-5-12-24-22(29)15-6-8-16(9-7-15)25-20-14-17(26-30-20)18-10-11-19(31-18)21(23)28/h6-11,14,25H,3-5,12-13H2,1-2H3,(H2,23,28)(H,24,29). The van der Waals surface area contributed by atoms with E-state index in [1.807, 2.05) is 12.1 Å². The van der Waals surface area contributed by atoms with Crippen molar-refractivity contribution in [1.29, 1.82) is 0 Å². The molecule has 3 rings (SSSR count). The summed E-state index contributed by atoms with van der Waals surface area (Å²) in [5, 5.41) is 10.1. The number of carbonyl (C=O) groups excluding carboxylic acids is 2. The van der Waals surface area contributed by atoms with Gasteiger partial charge in [-0.15, -0.1) is 11.3 Å². The Morgan fingerprint density at radius 1 is 1.13 bits per heavy atom. The molecule has 0 aliphatic heterocycles. The van der Waals surface area contributed by atoms with E-state index in [0.29, 0.717) is 28.6 Å². The van der Waals surface area contributed by atoms with Gasteiger partial charge in [-0.05, 0) is 62.5 Å². The first-order valence-corrected chi connectivity index (χ1v) is 11.1. The average Bonchev–Trinajstić information content (AvgIpc) is 3.44. The SMILES string of the molecule is CCN(CC)CCCNC(=O)c1ccc(Nc2cc(-c3ccc(C(N)=O)s3)no2)cc1. The predicted octanol–water partition coefficient (Wildman–Crippen LogP) is 3.71. The summed E-state index contributed by atoms with van der Waals surface area (Å²) in [6.07, 6.45) is 0.923. The number of nitrogens with one attached hydrogen (secondary N) is 2. The Labute approximate surface area is 185 Å². The molecule has 0 unspecified atom stereocenters. The lowest BCUT2D eigenvalue weighted by molar-refractivity contribution is 0.0950. The van der Waals surface area contributed by atoms with Crippen molar-refractivity contribution >= 4 is 34.7 Å². The van der Waals surface area contributed by atoms with E-state index in [1.54, 1.807) is 30.3 Å². The van der Waals surface area contributed by atoms with Crippen LogP contribution in [-0.4, -0.2) is 48.0 Å². The van der Waals surface area contributed by atoms with Crippen molar-refractivity contribution < 1.29 is 14.1 Å². The number of nitrogens with two attached hydrogens (primary N) is 1. The highest BCUT2D eigenvalue weighted by atomic mass is 32.1. The highest BCUT2D eigenvalue weighted by Gasteiger charge is 2.12. The van der Waals surface area contributed by atoms with Gasteiger partial charge in [-0.2, -0.15) is 0 Å². The van der Waals surface area contributed by atoms with Crippen LogP contribution >= 0.6 is 11.3 Å². The maximum atomic E-state index is 12.3. The second-order valence-corrected chi connectivity index (χ2v) is 8.03. The van der Waals surface area contributed by atoms with Gasteiger partial charge in [0.05, 0.1) is 9.75 Å². The fourth-order valence-corrected chi connectivity index (χ4v) is 3.86. The fourth-order valence-electron chi connectivity index (χ4n) is 3.05. The first-order chi connectivity index (χ1) is 15.0. The van der Waals surface area contributed by atoms with Crippen LogP contribution in [0.25, 0.3) is 10.6 Å². The molecule has 2 amide bonds. The van der Waals surface area contributed by atoms with E-state index in [2.05, 4.69) is 34.5 Å². The Balaban J connectivity index is 1.52. The quantitative estimate of drug-likeness (QED) is 0.391. The molecule has 2 heterocycles. The van der Waals surface area contributed by atoms with Crippen LogP contribution in [0.3, 0.4) is 0 Å². The first kappa shape index (κ1) is 22.5. The van der Waals surface area contributed by atoms with Crippen molar-refractivity contribution in [2.75, 3.05) is 31.5 Å². The van der Waals surface area contributed by atoms with Crippen molar-refractivity contribution in [3.05, 3.63) is 52.9 Å². The molecule has 31 heavy (non-hydrogen) atoms. The molecule has 2 aromatic heterocycles. The Hall–Kier alpha value is -3.17. The largest absolute Gasteiger partial charge is 0.365 e. The highest BCUT2D eigenvalue weighted by Crippen LogP contribution is 2.29. The van der Waals surface area contributed by atoms with Crippen LogP contribution in [0.1, 0.15) is 40.3 Å². The summed E-state index contributed by atoms with van der Waals surface area (Å²) in [6, 6.07) is 12.3. The van der Waals surface area contributed by atoms with E-state index in [0.717, 1.165) is 36.6 Å². The molecule has 0 fully saturated rings. The number of primary amides is 1. The van der Waals surface area contributed by atoms with Crippen molar-refractivity contribution in [1.82, 2.24) is 15.4 Å². The van der Waals surface area contributed by atoms with Crippen LogP contribution in [0, 0.1) is 0 Å². The van der Waals surface area contributed by atoms with Gasteiger partial charge in [0.15, 0.2) is 0 Å². The lowest BCUT2D eigenvalue weighted by atomic mass is 10.2. The van der Waals surface area contributed by atoms with Crippen LogP contribution in [0.5, 0.6) is 0 Å². The third-order valence-corrected chi connectivity index (χ3v) is 5.98. The van der Waals surface area contributed by atoms with Crippen LogP contribution in [0.4, 0.5) is 11.6 Å². The number of anilines is 2. The second-order valence-electron chi connectivity index (χ2n) is 6.94. The number of amides is 2. The van der Waals surface area contributed by atoms with Crippen LogP contribution in [0.15, 0.2) is 47.0 Å². The number of aromatic nitrogens is 1. The van der Waals surface area contributed by atoms with Gasteiger partial charge in [0.1, 0.15) is 5.69 Å². The molecular formula is C22H27N5O3S. The molecule has 0 saturated carbocycles. The van der Waals surface area contributed by atoms with E-state index in [9.17, 15) is 9.59 Å². The minimum atomic E-state index is -0.467. The predicted molar refractivity (Wildman–Crippen MR) is 123 cm³/mol. The molecular weight excluding hydrogens is 414 g/mol. The van der Waals surface area contributed by atoms with Gasteiger partial charge in [-0.25, -0.2) is 0 Å². The van der Waals surface area contributed by atoms with Crippen molar-refractivity contribution in [2.45, 2.75) is 20.3 Å². The highest BCUT2D eigenvalue weighted by molar-refractivity contribution is 7.17. The van der Waals surface area contributed by atoms with Gasteiger partial charge in [0.2, 0.25) is 5.88 Å². The molecule has 9 heteroatoms. The van der Waals surface area contributed by atoms with Gasteiger partial charge < -0.3 is 25.8 Å². The van der Waals surface area contributed by atoms with E-state index >= 15 is 0 Å². The van der Waals surface area contributed by atoms with Gasteiger partial charge in [0, 0.05) is 23.9 Å². The van der Waals surface area contributed by atoms with Crippen LogP contribution in [0.2, 0.25) is 0 Å². The fraction of sp³-hybridized carbons (Fsp3) is 0.318. The summed E-state index contributed by atoms with van der Waals surface area (Å²) in [7, 11) is 0. The third kappa shape index (κ3) is 6.16. The number of nitrogens with zero attached hydrogens (tertiary/aromatic N) is 2. The molecule has 0 aliphatic carbocycles. The van der Waals surface area contributed by atoms with Crippen molar-refractivity contribution in [2.24, 2.45) is 5.73 Å². The molecule has 1 aromatic carbocycles. The Bertz CT molecular complexity index is 1010. The maximum Gasteiger partial charge on any atom is 0.258 e. The van der Waals surface area contributed by atoms with Crippen LogP contribution < -0.4 is 16.4 Å². The van der Waals surface area contributed by atoms with Gasteiger partial charge in [0.25, 0.3) is 11.8 Å². The summed E-state index contributed by atoms with van der Waals surface area (Å²) >= 11 is 1.26. The van der Waals surface area contributed by atoms with E-state index in [-0.39, 0.29) is 5.91 Å². The monoisotopic (exact) mass is 441 g/mol. The molecule has 0 atom stereocenters. The first-order valence-electron chi connectivity index (χ1n) is 10.2. The van der Waals surface area contributed by atoms with E-state index < -0.39 is 5.91 Å². The van der Waals surface area contributed by atoms with Gasteiger partial charge >= 0.3 is 0 Å². The number of rotatable bonds is 11. The minimum absolute atomic E-state index is 0.0870. The van der Waals surface area contributed by atoms with Crippen LogP contribution in [-0.2, 0) is 0 Å². The number of hydrogen-bond acceptors (Lipinski definition) is 7. The Morgan fingerprint density at radius 2 is 1.87 bits per heavy atom. The maximum absolute atomic E-state index is 12.3. The van der Waals surface area contributed by atoms with E-state index in [1.165, 1.54) is 11.3 Å². The van der Waals surface area contributed by atoms with E-state index in [4.69, 9.17) is 10.3 Å². The Morgan fingerprint density at radius 3 is 2.52 bits per heavy atom. The molecule has 0 spiro atoms. The minimum Gasteiger partial charge on any atom is -0.365 e. The normalized spacial score (nSPS) is 10.9. The second kappa shape index (κ2) is 10.7. The lowest BCUT2D eigenvalue weighted by Crippen LogP contribution is -2.29. The molecule has 8 nitrogen and oxygen atoms in total. The zero-order chi connectivity index (χ0) is 22.2. The summed E-state index contributed by atoms with van der Waals surface area (Å²) < 4.78 is 5.32. The number of hydrogen-bond donors (Lipinski definition) is 3. The molecule has 0 bridgehead atoms. The summed E-state index contributed by atoms with van der Waals surface area (Å²) in [4.78, 5) is 27.1. The molecule has 0 aliphatic rings. The van der Waals surface area contributed by atoms with Gasteiger partial charge in [-0.3, -0.25) is 9.59 Å². The lowest BCUT2D eigenvalue weighted by Gasteiger charge is -2.17. The number of benzene rings is 1. The Kier molecular flexibility index (Phi) is 7.80. The molecule has 0 saturated heterocycles. The topological polar surface area (TPSA) is 113 Å². The summed E-state index contributed by atoms with van der Waals surface area (Å²) in [6.45, 7) is 7.94. The van der Waals surface area contributed by atoms with Crippen molar-refractivity contribution in [3.63, 3.8) is 0 Å². The number of thiophene rings is 1. The molecule has 164 valence electrons. The number of carbonyl (C=O) groups is 2. The molecule has 3 aromatic rings. The zero-order valence-electron chi connectivity index (χ0n) is 17.7. The molecule has 4 N–H and O–H groups in total. The summed E-state index contributed by atoms with van der Waals surface area (Å²) in [5.74, 6) is -0.0975. The average molecular weight is 442 g/mol. The van der Waals surface area contributed by atoms with Gasteiger partial charge in [-0.1, -0.05) is 19.0 Å². The summed E-state index contributed by atoms with van der Waals surface area (Å²) in [5.41, 5.74) is 7.27.